The van der Waals surface area contributed by atoms with Gasteiger partial charge in [-0.15, -0.1) is 0 Å². The molecule has 4 nitrogen and oxygen atoms in total. The van der Waals surface area contributed by atoms with Gasteiger partial charge in [-0.05, 0) is 67.8 Å². The fourth-order valence-electron chi connectivity index (χ4n) is 3.66. The molecule has 5 heteroatoms. The second-order valence-electron chi connectivity index (χ2n) is 7.83. The van der Waals surface area contributed by atoms with Crippen molar-refractivity contribution < 1.29 is 14.3 Å². The molecule has 0 unspecified atom stereocenters. The van der Waals surface area contributed by atoms with E-state index in [2.05, 4.69) is 15.9 Å². The Kier molecular flexibility index (Phi) is 6.19. The molecule has 0 bridgehead atoms. The van der Waals surface area contributed by atoms with Gasteiger partial charge in [0.05, 0.1) is 16.8 Å². The molecular weight excluding hydrogens is 466 g/mol. The number of fused-ring (bicyclic) bond motifs is 1. The smallest absolute Gasteiger partial charge is 0.339 e. The molecule has 4 rings (SSSR count). The maximum absolute atomic E-state index is 13.0. The number of halogens is 1. The van der Waals surface area contributed by atoms with E-state index >= 15 is 0 Å². The Balaban J connectivity index is 1.64. The summed E-state index contributed by atoms with van der Waals surface area (Å²) in [5.74, 6) is -0.762. The molecule has 0 aliphatic heterocycles. The van der Waals surface area contributed by atoms with Crippen LogP contribution in [0.5, 0.6) is 0 Å². The number of benzene rings is 3. The summed E-state index contributed by atoms with van der Waals surface area (Å²) >= 11 is 3.44. The van der Waals surface area contributed by atoms with Gasteiger partial charge in [-0.1, -0.05) is 52.3 Å². The van der Waals surface area contributed by atoms with Crippen LogP contribution in [-0.2, 0) is 4.74 Å². The van der Waals surface area contributed by atoms with E-state index in [4.69, 9.17) is 9.72 Å². The van der Waals surface area contributed by atoms with Gasteiger partial charge in [0, 0.05) is 21.0 Å². The number of ether oxygens (including phenoxy) is 1. The van der Waals surface area contributed by atoms with E-state index in [0.717, 1.165) is 26.7 Å². The van der Waals surface area contributed by atoms with Gasteiger partial charge in [-0.25, -0.2) is 9.78 Å². The van der Waals surface area contributed by atoms with Crippen molar-refractivity contribution in [3.8, 4) is 11.3 Å². The lowest BCUT2D eigenvalue weighted by atomic mass is 9.98. The Morgan fingerprint density at radius 3 is 2.28 bits per heavy atom. The second-order valence-corrected chi connectivity index (χ2v) is 8.75. The molecule has 0 radical (unpaired) electrons. The van der Waals surface area contributed by atoms with Crippen LogP contribution in [0.2, 0.25) is 0 Å². The first-order valence-corrected chi connectivity index (χ1v) is 11.1. The minimum Gasteiger partial charge on any atom is -0.454 e. The molecule has 0 atom stereocenters. The Morgan fingerprint density at radius 1 is 0.844 bits per heavy atom. The first kappa shape index (κ1) is 21.9. The molecule has 0 aliphatic carbocycles. The van der Waals surface area contributed by atoms with Gasteiger partial charge >= 0.3 is 5.97 Å². The van der Waals surface area contributed by atoms with E-state index in [-0.39, 0.29) is 12.4 Å². The summed E-state index contributed by atoms with van der Waals surface area (Å²) in [6.45, 7) is 5.55. The fraction of sp³-hybridized carbons (Fsp3) is 0.148. The van der Waals surface area contributed by atoms with E-state index in [1.54, 1.807) is 6.07 Å². The predicted molar refractivity (Wildman–Crippen MR) is 130 cm³/mol. The Labute approximate surface area is 195 Å². The molecule has 0 saturated heterocycles. The van der Waals surface area contributed by atoms with Gasteiger partial charge in [-0.3, -0.25) is 4.79 Å². The summed E-state index contributed by atoms with van der Waals surface area (Å²) in [6.07, 6.45) is 0. The molecule has 1 aromatic heterocycles. The summed E-state index contributed by atoms with van der Waals surface area (Å²) in [4.78, 5) is 30.5. The zero-order valence-corrected chi connectivity index (χ0v) is 19.7. The highest BCUT2D eigenvalue weighted by Gasteiger charge is 2.18. The van der Waals surface area contributed by atoms with Gasteiger partial charge in [-0.2, -0.15) is 0 Å². The number of hydrogen-bond acceptors (Lipinski definition) is 4. The Hall–Kier alpha value is -3.31. The highest BCUT2D eigenvalue weighted by atomic mass is 79.9. The summed E-state index contributed by atoms with van der Waals surface area (Å²) in [7, 11) is 0. The number of esters is 1. The molecule has 0 N–H and O–H groups in total. The third-order valence-corrected chi connectivity index (χ3v) is 6.08. The van der Waals surface area contributed by atoms with Gasteiger partial charge in [0.2, 0.25) is 5.78 Å². The SMILES string of the molecule is Cc1cc(C)c(C(=O)COC(=O)c2cc(-c3ccc(Br)cc3)nc3ccccc23)cc1C. The van der Waals surface area contributed by atoms with Crippen molar-refractivity contribution in [3.63, 3.8) is 0 Å². The zero-order valence-electron chi connectivity index (χ0n) is 18.1. The molecular formula is C27H22BrNO3. The maximum Gasteiger partial charge on any atom is 0.339 e. The zero-order chi connectivity index (χ0) is 22.8. The lowest BCUT2D eigenvalue weighted by Gasteiger charge is -2.11. The first-order chi connectivity index (χ1) is 15.3. The van der Waals surface area contributed by atoms with Crippen LogP contribution >= 0.6 is 15.9 Å². The summed E-state index contributed by atoms with van der Waals surface area (Å²) in [5, 5.41) is 0.688. The average Bonchev–Trinajstić information content (AvgIpc) is 2.79. The van der Waals surface area contributed by atoms with Gasteiger partial charge in [0.25, 0.3) is 0 Å². The Morgan fingerprint density at radius 2 is 1.53 bits per heavy atom. The van der Waals surface area contributed by atoms with Crippen LogP contribution in [-0.4, -0.2) is 23.3 Å². The minimum atomic E-state index is -0.545. The Bertz CT molecular complexity index is 1340. The second kappa shape index (κ2) is 9.05. The molecule has 4 aromatic rings. The van der Waals surface area contributed by atoms with Crippen LogP contribution in [0.25, 0.3) is 22.2 Å². The minimum absolute atomic E-state index is 0.217. The molecule has 32 heavy (non-hydrogen) atoms. The normalized spacial score (nSPS) is 10.9. The van der Waals surface area contributed by atoms with Crippen LogP contribution in [0.15, 0.2) is 71.2 Å². The van der Waals surface area contributed by atoms with Crippen molar-refractivity contribution >= 4 is 38.6 Å². The summed E-state index contributed by atoms with van der Waals surface area (Å²) in [5.41, 5.74) is 6.24. The number of pyridine rings is 1. The van der Waals surface area contributed by atoms with Crippen molar-refractivity contribution in [2.75, 3.05) is 6.61 Å². The first-order valence-electron chi connectivity index (χ1n) is 10.3. The molecule has 1 heterocycles. The van der Waals surface area contributed by atoms with Crippen molar-refractivity contribution in [2.45, 2.75) is 20.8 Å². The summed E-state index contributed by atoms with van der Waals surface area (Å²) < 4.78 is 6.42. The summed E-state index contributed by atoms with van der Waals surface area (Å²) in [6, 6.07) is 20.7. The molecule has 0 amide bonds. The third kappa shape index (κ3) is 4.48. The number of nitrogens with zero attached hydrogens (tertiary/aromatic N) is 1. The standard InChI is InChI=1S/C27H22BrNO3/c1-16-12-18(3)22(13-17(16)2)26(30)15-32-27(31)23-14-25(19-8-10-20(28)11-9-19)29-24-7-5-4-6-21(23)24/h4-14H,15H2,1-3H3. The fourth-order valence-corrected chi connectivity index (χ4v) is 3.92. The van der Waals surface area contributed by atoms with Crippen molar-refractivity contribution in [1.82, 2.24) is 4.98 Å². The lowest BCUT2D eigenvalue weighted by Crippen LogP contribution is -2.16. The van der Waals surface area contributed by atoms with Crippen LogP contribution in [0.1, 0.15) is 37.4 Å². The van der Waals surface area contributed by atoms with Crippen molar-refractivity contribution in [1.29, 1.82) is 0 Å². The van der Waals surface area contributed by atoms with Crippen LogP contribution in [0.3, 0.4) is 0 Å². The molecule has 0 aliphatic rings. The lowest BCUT2D eigenvalue weighted by molar-refractivity contribution is 0.0476. The molecule has 0 saturated carbocycles. The number of Topliss-reactive ketones (excluding diaryl/α,β-unsaturated/α-hetero) is 1. The monoisotopic (exact) mass is 487 g/mol. The molecule has 0 spiro atoms. The van der Waals surface area contributed by atoms with E-state index in [0.29, 0.717) is 27.7 Å². The number of aryl methyl sites for hydroxylation is 3. The number of para-hydroxylation sites is 1. The van der Waals surface area contributed by atoms with Crippen molar-refractivity contribution in [2.24, 2.45) is 0 Å². The van der Waals surface area contributed by atoms with Gasteiger partial charge < -0.3 is 4.74 Å². The largest absolute Gasteiger partial charge is 0.454 e. The van der Waals surface area contributed by atoms with E-state index in [1.807, 2.05) is 81.4 Å². The molecule has 0 fully saturated rings. The van der Waals surface area contributed by atoms with E-state index in [1.165, 1.54) is 0 Å². The topological polar surface area (TPSA) is 56.3 Å². The number of hydrogen-bond donors (Lipinski definition) is 0. The van der Waals surface area contributed by atoms with Gasteiger partial charge in [0.1, 0.15) is 0 Å². The number of carbonyl (C=O) groups is 2. The number of rotatable bonds is 5. The van der Waals surface area contributed by atoms with E-state index in [9.17, 15) is 9.59 Å². The number of carbonyl (C=O) groups excluding carboxylic acids is 2. The van der Waals surface area contributed by atoms with Gasteiger partial charge in [0.15, 0.2) is 6.61 Å². The third-order valence-electron chi connectivity index (χ3n) is 5.55. The van der Waals surface area contributed by atoms with Crippen LogP contribution in [0, 0.1) is 20.8 Å². The maximum atomic E-state index is 13.0. The number of aromatic nitrogens is 1. The predicted octanol–water partition coefficient (Wildman–Crippen LogP) is 6.63. The van der Waals surface area contributed by atoms with Crippen LogP contribution < -0.4 is 0 Å². The highest BCUT2D eigenvalue weighted by Crippen LogP contribution is 2.26. The quantitative estimate of drug-likeness (QED) is 0.234. The number of ketones is 1. The van der Waals surface area contributed by atoms with Crippen molar-refractivity contribution in [3.05, 3.63) is 99.0 Å². The molecule has 3 aromatic carbocycles. The average molecular weight is 488 g/mol. The van der Waals surface area contributed by atoms with Crippen LogP contribution in [0.4, 0.5) is 0 Å². The molecule has 160 valence electrons. The highest BCUT2D eigenvalue weighted by molar-refractivity contribution is 9.10. The van der Waals surface area contributed by atoms with E-state index < -0.39 is 5.97 Å².